The van der Waals surface area contributed by atoms with Crippen molar-refractivity contribution in [3.05, 3.63) is 35.1 Å². The van der Waals surface area contributed by atoms with Crippen LogP contribution in [0.15, 0.2) is 18.2 Å². The van der Waals surface area contributed by atoms with Crippen LogP contribution < -0.4 is 0 Å². The number of piperazine rings is 1. The fraction of sp³-hybridized carbons (Fsp3) is 0.632. The van der Waals surface area contributed by atoms with Crippen LogP contribution in [0.5, 0.6) is 0 Å². The zero-order chi connectivity index (χ0) is 17.3. The summed E-state index contributed by atoms with van der Waals surface area (Å²) in [4.78, 5) is 18.8. The first-order valence-electron chi connectivity index (χ1n) is 8.82. The van der Waals surface area contributed by atoms with Crippen molar-refractivity contribution in [2.45, 2.75) is 38.3 Å². The molecule has 0 bridgehead atoms. The molecular formula is C19H28FN3O. The molecule has 2 aliphatic heterocycles. The third-order valence-corrected chi connectivity index (χ3v) is 5.93. The fourth-order valence-electron chi connectivity index (χ4n) is 4.03. The number of carbonyl (C=O) groups is 1. The van der Waals surface area contributed by atoms with Crippen LogP contribution in [0.2, 0.25) is 0 Å². The number of likely N-dealkylation sites (tertiary alicyclic amines) is 1. The highest BCUT2D eigenvalue weighted by Crippen LogP contribution is 2.32. The first-order valence-corrected chi connectivity index (χ1v) is 8.82. The first kappa shape index (κ1) is 17.4. The normalized spacial score (nSPS) is 26.8. The number of aryl methyl sites for hydroxylation is 1. The van der Waals surface area contributed by atoms with E-state index in [1.807, 2.05) is 24.9 Å². The number of amides is 1. The molecule has 0 saturated carbocycles. The van der Waals surface area contributed by atoms with Crippen molar-refractivity contribution in [3.63, 3.8) is 0 Å². The molecule has 1 amide bonds. The van der Waals surface area contributed by atoms with Crippen LogP contribution >= 0.6 is 0 Å². The number of nitrogens with zero attached hydrogens (tertiary/aromatic N) is 3. The molecule has 0 aromatic heterocycles. The summed E-state index contributed by atoms with van der Waals surface area (Å²) >= 11 is 0. The van der Waals surface area contributed by atoms with Gasteiger partial charge in [0.25, 0.3) is 0 Å². The van der Waals surface area contributed by atoms with E-state index < -0.39 is 0 Å². The van der Waals surface area contributed by atoms with E-state index >= 15 is 0 Å². The molecule has 1 aromatic rings. The zero-order valence-corrected chi connectivity index (χ0v) is 15.0. The quantitative estimate of drug-likeness (QED) is 0.831. The Bertz CT molecular complexity index is 621. The summed E-state index contributed by atoms with van der Waals surface area (Å²) in [7, 11) is 4.08. The van der Waals surface area contributed by atoms with E-state index in [-0.39, 0.29) is 17.3 Å². The van der Waals surface area contributed by atoms with Gasteiger partial charge in [0.2, 0.25) is 5.91 Å². The minimum absolute atomic E-state index is 0.0555. The van der Waals surface area contributed by atoms with Crippen LogP contribution in [0.1, 0.15) is 30.4 Å². The van der Waals surface area contributed by atoms with Crippen molar-refractivity contribution in [2.75, 3.05) is 40.3 Å². The third-order valence-electron chi connectivity index (χ3n) is 5.93. The predicted octanol–water partition coefficient (Wildman–Crippen LogP) is 2.26. The molecule has 24 heavy (non-hydrogen) atoms. The molecule has 2 aliphatic rings. The SMILES string of the molecule is Cc1ccc(F)cc1CN1CCN(C)[C@]2(CCC(=O)N(C)CC2)C1. The second-order valence-electron chi connectivity index (χ2n) is 7.49. The average Bonchev–Trinajstić information content (AvgIpc) is 2.69. The number of rotatable bonds is 2. The Morgan fingerprint density at radius 2 is 1.96 bits per heavy atom. The van der Waals surface area contributed by atoms with Gasteiger partial charge in [-0.25, -0.2) is 4.39 Å². The lowest BCUT2D eigenvalue weighted by molar-refractivity contribution is -0.129. The number of halogens is 1. The van der Waals surface area contributed by atoms with Crippen LogP contribution in [-0.4, -0.2) is 66.4 Å². The van der Waals surface area contributed by atoms with E-state index in [2.05, 4.69) is 16.8 Å². The zero-order valence-electron chi connectivity index (χ0n) is 15.0. The van der Waals surface area contributed by atoms with Gasteiger partial charge in [0.15, 0.2) is 0 Å². The van der Waals surface area contributed by atoms with Gasteiger partial charge >= 0.3 is 0 Å². The second-order valence-corrected chi connectivity index (χ2v) is 7.49. The molecule has 1 aromatic carbocycles. The van der Waals surface area contributed by atoms with Crippen molar-refractivity contribution < 1.29 is 9.18 Å². The number of likely N-dealkylation sites (N-methyl/N-ethyl adjacent to an activating group) is 1. The van der Waals surface area contributed by atoms with E-state index in [9.17, 15) is 9.18 Å². The highest BCUT2D eigenvalue weighted by molar-refractivity contribution is 5.76. The van der Waals surface area contributed by atoms with Gasteiger partial charge < -0.3 is 4.90 Å². The van der Waals surface area contributed by atoms with Crippen molar-refractivity contribution >= 4 is 5.91 Å². The summed E-state index contributed by atoms with van der Waals surface area (Å²) in [6.45, 7) is 6.56. The predicted molar refractivity (Wildman–Crippen MR) is 93.3 cm³/mol. The van der Waals surface area contributed by atoms with Gasteiger partial charge in [-0.15, -0.1) is 0 Å². The summed E-state index contributed by atoms with van der Waals surface area (Å²) in [5.41, 5.74) is 2.26. The molecule has 3 rings (SSSR count). The van der Waals surface area contributed by atoms with Gasteiger partial charge in [0.1, 0.15) is 5.82 Å². The third kappa shape index (κ3) is 3.47. The van der Waals surface area contributed by atoms with E-state index in [0.717, 1.165) is 56.7 Å². The number of hydrogen-bond acceptors (Lipinski definition) is 3. The molecule has 0 N–H and O–H groups in total. The summed E-state index contributed by atoms with van der Waals surface area (Å²) in [6, 6.07) is 5.04. The Morgan fingerprint density at radius 1 is 1.17 bits per heavy atom. The van der Waals surface area contributed by atoms with Gasteiger partial charge in [-0.05, 0) is 50.1 Å². The van der Waals surface area contributed by atoms with Gasteiger partial charge in [-0.2, -0.15) is 0 Å². The van der Waals surface area contributed by atoms with Crippen molar-refractivity contribution in [2.24, 2.45) is 0 Å². The Balaban J connectivity index is 1.75. The van der Waals surface area contributed by atoms with E-state index in [4.69, 9.17) is 0 Å². The Kier molecular flexibility index (Phi) is 4.92. The molecule has 2 heterocycles. The maximum absolute atomic E-state index is 13.6. The smallest absolute Gasteiger partial charge is 0.222 e. The van der Waals surface area contributed by atoms with Crippen molar-refractivity contribution in [1.29, 1.82) is 0 Å². The van der Waals surface area contributed by atoms with E-state index in [1.165, 1.54) is 6.07 Å². The standard InChI is InChI=1S/C19H28FN3O/c1-15-4-5-17(20)12-16(15)13-23-11-10-22(3)19(14-23)7-6-18(24)21(2)9-8-19/h4-5,12H,6-11,13-14H2,1-3H3/t19-/m0/s1. The number of hydrogen-bond donors (Lipinski definition) is 0. The van der Waals surface area contributed by atoms with Gasteiger partial charge in [0, 0.05) is 51.7 Å². The highest BCUT2D eigenvalue weighted by Gasteiger charge is 2.41. The summed E-state index contributed by atoms with van der Waals surface area (Å²) in [6.07, 6.45) is 2.53. The fourth-order valence-corrected chi connectivity index (χ4v) is 4.03. The highest BCUT2D eigenvalue weighted by atomic mass is 19.1. The Hall–Kier alpha value is -1.46. The molecule has 1 atom stereocenters. The molecule has 4 nitrogen and oxygen atoms in total. The lowest BCUT2D eigenvalue weighted by atomic mass is 9.86. The largest absolute Gasteiger partial charge is 0.346 e. The summed E-state index contributed by atoms with van der Waals surface area (Å²) in [5.74, 6) is 0.0829. The maximum Gasteiger partial charge on any atom is 0.222 e. The molecule has 5 heteroatoms. The summed E-state index contributed by atoms with van der Waals surface area (Å²) < 4.78 is 13.6. The number of carbonyl (C=O) groups excluding carboxylic acids is 1. The molecule has 1 spiro atoms. The van der Waals surface area contributed by atoms with Crippen LogP contribution in [0, 0.1) is 12.7 Å². The van der Waals surface area contributed by atoms with Crippen LogP contribution in [-0.2, 0) is 11.3 Å². The molecular weight excluding hydrogens is 305 g/mol. The van der Waals surface area contributed by atoms with Gasteiger partial charge in [-0.1, -0.05) is 6.07 Å². The monoisotopic (exact) mass is 333 g/mol. The number of benzene rings is 1. The molecule has 2 saturated heterocycles. The Morgan fingerprint density at radius 3 is 2.75 bits per heavy atom. The molecule has 0 radical (unpaired) electrons. The molecule has 2 fully saturated rings. The summed E-state index contributed by atoms with van der Waals surface area (Å²) in [5, 5.41) is 0. The van der Waals surface area contributed by atoms with Crippen molar-refractivity contribution in [3.8, 4) is 0 Å². The van der Waals surface area contributed by atoms with E-state index in [0.29, 0.717) is 6.42 Å². The lowest BCUT2D eigenvalue weighted by Gasteiger charge is -2.49. The van der Waals surface area contributed by atoms with Crippen LogP contribution in [0.25, 0.3) is 0 Å². The molecule has 132 valence electrons. The molecule has 0 unspecified atom stereocenters. The van der Waals surface area contributed by atoms with Crippen molar-refractivity contribution in [1.82, 2.24) is 14.7 Å². The maximum atomic E-state index is 13.6. The van der Waals surface area contributed by atoms with Crippen LogP contribution in [0.3, 0.4) is 0 Å². The lowest BCUT2D eigenvalue weighted by Crippen LogP contribution is -2.60. The Labute approximate surface area is 144 Å². The average molecular weight is 333 g/mol. The first-order chi connectivity index (χ1) is 11.4. The van der Waals surface area contributed by atoms with Crippen LogP contribution in [0.4, 0.5) is 4.39 Å². The topological polar surface area (TPSA) is 26.8 Å². The van der Waals surface area contributed by atoms with Gasteiger partial charge in [-0.3, -0.25) is 14.6 Å². The van der Waals surface area contributed by atoms with E-state index in [1.54, 1.807) is 6.07 Å². The van der Waals surface area contributed by atoms with Gasteiger partial charge in [0.05, 0.1) is 0 Å². The second kappa shape index (κ2) is 6.81. The molecule has 0 aliphatic carbocycles. The minimum atomic E-state index is -0.166. The minimum Gasteiger partial charge on any atom is -0.346 e.